The van der Waals surface area contributed by atoms with Crippen molar-refractivity contribution in [1.82, 2.24) is 9.80 Å². The molecule has 23 heavy (non-hydrogen) atoms. The van der Waals surface area contributed by atoms with Crippen LogP contribution in [0.5, 0.6) is 0 Å². The lowest BCUT2D eigenvalue weighted by molar-refractivity contribution is -0.132. The van der Waals surface area contributed by atoms with Gasteiger partial charge in [-0.05, 0) is 24.1 Å². The van der Waals surface area contributed by atoms with E-state index in [9.17, 15) is 9.18 Å². The second-order valence-corrected chi connectivity index (χ2v) is 7.46. The fourth-order valence-electron chi connectivity index (χ4n) is 2.88. The van der Waals surface area contributed by atoms with Gasteiger partial charge in [-0.2, -0.15) is 0 Å². The number of aliphatic imine (C=N–C) groups is 1. The number of thioether (sulfide) groups is 1. The second kappa shape index (κ2) is 7.34. The van der Waals surface area contributed by atoms with Gasteiger partial charge in [0.25, 0.3) is 0 Å². The highest BCUT2D eigenvalue weighted by Gasteiger charge is 2.26. The molecular weight excluding hydrogens is 313 g/mol. The fraction of sp³-hybridized carbons (Fsp3) is 0.529. The largest absolute Gasteiger partial charge is 0.348 e. The number of halogens is 1. The Hall–Kier alpha value is -1.56. The van der Waals surface area contributed by atoms with Crippen LogP contribution in [0.15, 0.2) is 29.3 Å². The summed E-state index contributed by atoms with van der Waals surface area (Å²) >= 11 is 1.83. The van der Waals surface area contributed by atoms with Crippen molar-refractivity contribution < 1.29 is 9.18 Å². The summed E-state index contributed by atoms with van der Waals surface area (Å²) in [5.41, 5.74) is 0.877. The first-order valence-electron chi connectivity index (χ1n) is 8.10. The molecule has 2 aliphatic heterocycles. The van der Waals surface area contributed by atoms with E-state index in [4.69, 9.17) is 0 Å². The number of hydrogen-bond acceptors (Lipinski definition) is 4. The molecule has 0 aliphatic carbocycles. The topological polar surface area (TPSA) is 35.9 Å². The average Bonchev–Trinajstić information content (AvgIpc) is 2.99. The minimum atomic E-state index is -0.243. The lowest BCUT2D eigenvalue weighted by atomic mass is 10.1. The van der Waals surface area contributed by atoms with Crippen LogP contribution in [0.3, 0.4) is 0 Å². The van der Waals surface area contributed by atoms with E-state index in [1.54, 1.807) is 6.07 Å². The highest BCUT2D eigenvalue weighted by molar-refractivity contribution is 8.14. The Kier molecular flexibility index (Phi) is 5.20. The molecule has 124 valence electrons. The first-order valence-corrected chi connectivity index (χ1v) is 8.98. The lowest BCUT2D eigenvalue weighted by Gasteiger charge is -2.35. The Morgan fingerprint density at radius 3 is 2.78 bits per heavy atom. The van der Waals surface area contributed by atoms with Crippen molar-refractivity contribution in [2.24, 2.45) is 4.99 Å². The second-order valence-electron chi connectivity index (χ2n) is 6.05. The van der Waals surface area contributed by atoms with Crippen LogP contribution in [0.25, 0.3) is 0 Å². The van der Waals surface area contributed by atoms with E-state index in [1.165, 1.54) is 12.1 Å². The highest BCUT2D eigenvalue weighted by Crippen LogP contribution is 2.23. The van der Waals surface area contributed by atoms with Gasteiger partial charge in [0.2, 0.25) is 5.91 Å². The van der Waals surface area contributed by atoms with Crippen LogP contribution in [0.4, 0.5) is 4.39 Å². The first kappa shape index (κ1) is 16.3. The molecule has 0 spiro atoms. The zero-order valence-electron chi connectivity index (χ0n) is 13.4. The summed E-state index contributed by atoms with van der Waals surface area (Å²) in [5.74, 6) is -0.0871. The van der Waals surface area contributed by atoms with Gasteiger partial charge in [-0.3, -0.25) is 9.79 Å². The summed E-state index contributed by atoms with van der Waals surface area (Å²) in [5, 5.41) is 1.69. The molecular formula is C17H22FN3OS. The van der Waals surface area contributed by atoms with Gasteiger partial charge in [0, 0.05) is 37.8 Å². The maximum Gasteiger partial charge on any atom is 0.223 e. The summed E-state index contributed by atoms with van der Waals surface area (Å²) in [4.78, 5) is 21.1. The molecule has 3 rings (SSSR count). The smallest absolute Gasteiger partial charge is 0.223 e. The van der Waals surface area contributed by atoms with Gasteiger partial charge in [0.1, 0.15) is 5.82 Å². The number of carbonyl (C=O) groups excluding carboxylic acids is 1. The number of amides is 1. The van der Waals surface area contributed by atoms with Crippen LogP contribution in [-0.4, -0.2) is 58.8 Å². The van der Waals surface area contributed by atoms with Crippen molar-refractivity contribution in [3.63, 3.8) is 0 Å². The predicted octanol–water partition coefficient (Wildman–Crippen LogP) is 2.39. The zero-order valence-corrected chi connectivity index (χ0v) is 14.2. The van der Waals surface area contributed by atoms with Crippen molar-refractivity contribution in [2.75, 3.05) is 32.7 Å². The third-order valence-corrected chi connectivity index (χ3v) is 5.36. The van der Waals surface area contributed by atoms with Crippen molar-refractivity contribution >= 4 is 22.8 Å². The zero-order chi connectivity index (χ0) is 16.2. The Morgan fingerprint density at radius 1 is 1.35 bits per heavy atom. The van der Waals surface area contributed by atoms with E-state index in [2.05, 4.69) is 16.8 Å². The van der Waals surface area contributed by atoms with Crippen LogP contribution >= 0.6 is 11.8 Å². The van der Waals surface area contributed by atoms with Crippen LogP contribution in [0.2, 0.25) is 0 Å². The molecule has 1 unspecified atom stereocenters. The minimum absolute atomic E-state index is 0.156. The number of rotatable bonds is 3. The number of carbonyl (C=O) groups is 1. The van der Waals surface area contributed by atoms with Crippen LogP contribution in [-0.2, 0) is 11.2 Å². The van der Waals surface area contributed by atoms with E-state index in [0.29, 0.717) is 18.1 Å². The molecule has 0 radical (unpaired) electrons. The molecule has 1 aromatic rings. The van der Waals surface area contributed by atoms with Gasteiger partial charge in [-0.15, -0.1) is 0 Å². The monoisotopic (exact) mass is 335 g/mol. The van der Waals surface area contributed by atoms with E-state index in [1.807, 2.05) is 22.7 Å². The lowest BCUT2D eigenvalue weighted by Crippen LogP contribution is -2.49. The molecule has 1 atom stereocenters. The van der Waals surface area contributed by atoms with Crippen LogP contribution in [0, 0.1) is 5.82 Å². The van der Waals surface area contributed by atoms with Crippen molar-refractivity contribution in [3.05, 3.63) is 35.6 Å². The van der Waals surface area contributed by atoms with Gasteiger partial charge in [0.15, 0.2) is 5.17 Å². The van der Waals surface area contributed by atoms with Gasteiger partial charge in [-0.25, -0.2) is 4.39 Å². The van der Waals surface area contributed by atoms with Crippen molar-refractivity contribution in [1.29, 1.82) is 0 Å². The molecule has 0 aromatic heterocycles. The maximum absolute atomic E-state index is 13.2. The number of benzene rings is 1. The number of nitrogens with zero attached hydrogens (tertiary/aromatic N) is 3. The quantitative estimate of drug-likeness (QED) is 0.851. The number of piperazine rings is 1. The van der Waals surface area contributed by atoms with Crippen LogP contribution < -0.4 is 0 Å². The summed E-state index contributed by atoms with van der Waals surface area (Å²) in [6.45, 7) is 6.28. The van der Waals surface area contributed by atoms with E-state index in [-0.39, 0.29) is 11.7 Å². The maximum atomic E-state index is 13.2. The molecule has 1 amide bonds. The van der Waals surface area contributed by atoms with E-state index >= 15 is 0 Å². The fourth-order valence-corrected chi connectivity index (χ4v) is 3.87. The van der Waals surface area contributed by atoms with E-state index < -0.39 is 0 Å². The minimum Gasteiger partial charge on any atom is -0.348 e. The Labute approximate surface area is 140 Å². The summed E-state index contributed by atoms with van der Waals surface area (Å²) in [7, 11) is 0. The Balaban J connectivity index is 1.45. The molecule has 4 nitrogen and oxygen atoms in total. The van der Waals surface area contributed by atoms with Crippen LogP contribution in [0.1, 0.15) is 18.9 Å². The number of amidine groups is 1. The Morgan fingerprint density at radius 2 is 2.13 bits per heavy atom. The van der Waals surface area contributed by atoms with Gasteiger partial charge in [-0.1, -0.05) is 30.8 Å². The van der Waals surface area contributed by atoms with Gasteiger partial charge in [0.05, 0.1) is 6.54 Å². The first-order chi connectivity index (χ1) is 11.1. The molecule has 6 heteroatoms. The average molecular weight is 335 g/mol. The molecule has 1 fully saturated rings. The summed E-state index contributed by atoms with van der Waals surface area (Å²) in [6.07, 6.45) is 1.03. The molecule has 0 N–H and O–H groups in total. The van der Waals surface area contributed by atoms with Gasteiger partial charge < -0.3 is 9.80 Å². The molecule has 2 heterocycles. The van der Waals surface area contributed by atoms with Crippen molar-refractivity contribution in [2.45, 2.75) is 25.0 Å². The standard InChI is InChI=1S/C17H22FN3OS/c1-13-12-19-17(23-13)21-9-7-20(8-10-21)16(22)6-5-14-3-2-4-15(18)11-14/h2-4,11,13H,5-10,12H2,1H3. The third kappa shape index (κ3) is 4.25. The Bertz CT molecular complexity index is 599. The van der Waals surface area contributed by atoms with E-state index in [0.717, 1.165) is 43.5 Å². The molecule has 1 aromatic carbocycles. The summed E-state index contributed by atoms with van der Waals surface area (Å²) in [6, 6.07) is 6.48. The molecule has 2 aliphatic rings. The SMILES string of the molecule is CC1CN=C(N2CCN(C(=O)CCc3cccc(F)c3)CC2)S1. The highest BCUT2D eigenvalue weighted by atomic mass is 32.2. The normalized spacial score (nSPS) is 21.5. The molecule has 0 bridgehead atoms. The number of hydrogen-bond donors (Lipinski definition) is 0. The predicted molar refractivity (Wildman–Crippen MR) is 92.2 cm³/mol. The summed E-state index contributed by atoms with van der Waals surface area (Å²) < 4.78 is 13.2. The van der Waals surface area contributed by atoms with Gasteiger partial charge >= 0.3 is 0 Å². The van der Waals surface area contributed by atoms with Crippen molar-refractivity contribution in [3.8, 4) is 0 Å². The molecule has 1 saturated heterocycles. The number of aryl methyl sites for hydroxylation is 1. The molecule has 0 saturated carbocycles. The third-order valence-electron chi connectivity index (χ3n) is 4.21.